The average Bonchev–Trinajstić information content (AvgIpc) is 2.91. The molecule has 132 valence electrons. The number of rotatable bonds is 5. The summed E-state index contributed by atoms with van der Waals surface area (Å²) in [6, 6.07) is 12.3. The quantitative estimate of drug-likeness (QED) is 0.805. The van der Waals surface area contributed by atoms with Crippen LogP contribution in [0.4, 0.5) is 5.82 Å². The Kier molecular flexibility index (Phi) is 5.99. The molecule has 1 fully saturated rings. The van der Waals surface area contributed by atoms with Gasteiger partial charge in [-0.2, -0.15) is 0 Å². The zero-order valence-corrected chi connectivity index (χ0v) is 14.7. The zero-order valence-electron chi connectivity index (χ0n) is 14.7. The molecule has 5 heteroatoms. The fraction of sp³-hybridized carbons (Fsp3) is 0.450. The Morgan fingerprint density at radius 1 is 1.08 bits per heavy atom. The summed E-state index contributed by atoms with van der Waals surface area (Å²) in [5.41, 5.74) is 1.59. The molecule has 0 spiro atoms. The number of amides is 1. The molecule has 1 aliphatic carbocycles. The van der Waals surface area contributed by atoms with Crippen molar-refractivity contribution in [2.24, 2.45) is 0 Å². The highest BCUT2D eigenvalue weighted by Crippen LogP contribution is 2.19. The topological polar surface area (TPSA) is 66.9 Å². The number of hydrogen-bond donors (Lipinski definition) is 2. The van der Waals surface area contributed by atoms with Gasteiger partial charge < -0.3 is 10.6 Å². The van der Waals surface area contributed by atoms with Crippen LogP contribution in [0.3, 0.4) is 0 Å². The lowest BCUT2D eigenvalue weighted by atomic mass is 10.1. The molecule has 1 unspecified atom stereocenters. The van der Waals surface area contributed by atoms with Gasteiger partial charge in [-0.1, -0.05) is 56.0 Å². The number of aromatic nitrogens is 2. The van der Waals surface area contributed by atoms with Gasteiger partial charge in [0.2, 0.25) is 0 Å². The smallest absolute Gasteiger partial charge is 0.270 e. The van der Waals surface area contributed by atoms with Gasteiger partial charge in [-0.15, -0.1) is 0 Å². The van der Waals surface area contributed by atoms with E-state index in [0.29, 0.717) is 11.5 Å². The first kappa shape index (κ1) is 17.4. The third-order valence-electron chi connectivity index (χ3n) is 4.75. The van der Waals surface area contributed by atoms with Crippen molar-refractivity contribution < 1.29 is 4.79 Å². The van der Waals surface area contributed by atoms with Crippen molar-refractivity contribution in [3.63, 3.8) is 0 Å². The van der Waals surface area contributed by atoms with Gasteiger partial charge in [0, 0.05) is 18.2 Å². The van der Waals surface area contributed by atoms with Crippen LogP contribution < -0.4 is 10.6 Å². The fourth-order valence-corrected chi connectivity index (χ4v) is 3.29. The molecular weight excluding hydrogens is 312 g/mol. The van der Waals surface area contributed by atoms with Crippen LogP contribution in [0.2, 0.25) is 0 Å². The van der Waals surface area contributed by atoms with Crippen LogP contribution in [0.1, 0.15) is 67.5 Å². The molecule has 3 rings (SSSR count). The minimum absolute atomic E-state index is 0.105. The van der Waals surface area contributed by atoms with Crippen LogP contribution in [0.5, 0.6) is 0 Å². The van der Waals surface area contributed by atoms with E-state index in [2.05, 4.69) is 39.7 Å². The Hall–Kier alpha value is -2.43. The zero-order chi connectivity index (χ0) is 17.5. The minimum atomic E-state index is -0.107. The average molecular weight is 338 g/mol. The summed E-state index contributed by atoms with van der Waals surface area (Å²) in [4.78, 5) is 20.9. The second-order valence-corrected chi connectivity index (χ2v) is 6.73. The van der Waals surface area contributed by atoms with E-state index in [-0.39, 0.29) is 18.0 Å². The van der Waals surface area contributed by atoms with Crippen molar-refractivity contribution in [2.45, 2.75) is 57.5 Å². The second-order valence-electron chi connectivity index (χ2n) is 6.73. The Morgan fingerprint density at radius 3 is 2.52 bits per heavy atom. The molecular formula is C20H26N4O. The number of nitrogens with one attached hydrogen (secondary N) is 2. The summed E-state index contributed by atoms with van der Waals surface area (Å²) < 4.78 is 0. The molecule has 2 N–H and O–H groups in total. The Balaban J connectivity index is 1.63. The molecule has 0 saturated heterocycles. The standard InChI is InChI=1S/C20H26N4O/c1-15(16-9-5-4-6-10-16)23-19-13-18(21-14-22-19)20(25)24-17-11-7-2-3-8-12-17/h4-6,9-10,13-15,17H,2-3,7-8,11-12H2,1H3,(H,24,25)(H,21,22,23). The van der Waals surface area contributed by atoms with Crippen LogP contribution in [-0.2, 0) is 0 Å². The highest BCUT2D eigenvalue weighted by Gasteiger charge is 2.17. The number of carbonyl (C=O) groups excluding carboxylic acids is 1. The predicted molar refractivity (Wildman–Crippen MR) is 99.5 cm³/mol. The highest BCUT2D eigenvalue weighted by molar-refractivity contribution is 5.93. The molecule has 0 radical (unpaired) electrons. The highest BCUT2D eigenvalue weighted by atomic mass is 16.1. The molecule has 25 heavy (non-hydrogen) atoms. The molecule has 0 bridgehead atoms. The summed E-state index contributed by atoms with van der Waals surface area (Å²) in [5.74, 6) is 0.557. The van der Waals surface area contributed by atoms with Gasteiger partial charge in [0.25, 0.3) is 5.91 Å². The summed E-state index contributed by atoms with van der Waals surface area (Å²) in [6.07, 6.45) is 8.49. The van der Waals surface area contributed by atoms with E-state index in [4.69, 9.17) is 0 Å². The Labute approximate surface area is 149 Å². The maximum Gasteiger partial charge on any atom is 0.270 e. The monoisotopic (exact) mass is 338 g/mol. The first-order valence-corrected chi connectivity index (χ1v) is 9.17. The van der Waals surface area contributed by atoms with Gasteiger partial charge in [-0.3, -0.25) is 4.79 Å². The lowest BCUT2D eigenvalue weighted by Crippen LogP contribution is -2.35. The van der Waals surface area contributed by atoms with Crippen LogP contribution in [-0.4, -0.2) is 21.9 Å². The maximum atomic E-state index is 12.5. The molecule has 1 saturated carbocycles. The van der Waals surface area contributed by atoms with Crippen molar-refractivity contribution in [2.75, 3.05) is 5.32 Å². The SMILES string of the molecule is CC(Nc1cc(C(=O)NC2CCCCCC2)ncn1)c1ccccc1. The van der Waals surface area contributed by atoms with Gasteiger partial charge in [0.05, 0.1) is 0 Å². The molecule has 1 amide bonds. The van der Waals surface area contributed by atoms with E-state index < -0.39 is 0 Å². The van der Waals surface area contributed by atoms with E-state index >= 15 is 0 Å². The maximum absolute atomic E-state index is 12.5. The second kappa shape index (κ2) is 8.60. The van der Waals surface area contributed by atoms with E-state index in [0.717, 1.165) is 12.8 Å². The first-order valence-electron chi connectivity index (χ1n) is 9.17. The normalized spacial score (nSPS) is 16.7. The molecule has 1 aliphatic rings. The molecule has 1 heterocycles. The number of anilines is 1. The molecule has 1 aromatic heterocycles. The summed E-state index contributed by atoms with van der Waals surface area (Å²) in [7, 11) is 0. The number of carbonyl (C=O) groups is 1. The van der Waals surface area contributed by atoms with Crippen molar-refractivity contribution in [3.05, 3.63) is 54.0 Å². The van der Waals surface area contributed by atoms with Crippen molar-refractivity contribution >= 4 is 11.7 Å². The fourth-order valence-electron chi connectivity index (χ4n) is 3.29. The molecule has 5 nitrogen and oxygen atoms in total. The first-order chi connectivity index (χ1) is 12.2. The lowest BCUT2D eigenvalue weighted by Gasteiger charge is -2.17. The third kappa shape index (κ3) is 5.02. The van der Waals surface area contributed by atoms with Crippen LogP contribution in [0, 0.1) is 0 Å². The summed E-state index contributed by atoms with van der Waals surface area (Å²) in [6.45, 7) is 2.07. The third-order valence-corrected chi connectivity index (χ3v) is 4.75. The van der Waals surface area contributed by atoms with Gasteiger partial charge in [-0.05, 0) is 25.3 Å². The van der Waals surface area contributed by atoms with Gasteiger partial charge in [0.15, 0.2) is 0 Å². The molecule has 1 atom stereocenters. The van der Waals surface area contributed by atoms with E-state index in [1.54, 1.807) is 6.07 Å². The van der Waals surface area contributed by atoms with E-state index in [1.807, 2.05) is 18.2 Å². The van der Waals surface area contributed by atoms with E-state index in [9.17, 15) is 4.79 Å². The number of benzene rings is 1. The number of nitrogens with zero attached hydrogens (tertiary/aromatic N) is 2. The van der Waals surface area contributed by atoms with E-state index in [1.165, 1.54) is 37.6 Å². The van der Waals surface area contributed by atoms with Crippen molar-refractivity contribution in [1.82, 2.24) is 15.3 Å². The van der Waals surface area contributed by atoms with Crippen molar-refractivity contribution in [1.29, 1.82) is 0 Å². The number of hydrogen-bond acceptors (Lipinski definition) is 4. The molecule has 1 aromatic carbocycles. The Bertz CT molecular complexity index is 681. The predicted octanol–water partition coefficient (Wildman–Crippen LogP) is 4.10. The molecule has 0 aliphatic heterocycles. The van der Waals surface area contributed by atoms with Crippen molar-refractivity contribution in [3.8, 4) is 0 Å². The van der Waals surface area contributed by atoms with Crippen LogP contribution >= 0.6 is 0 Å². The van der Waals surface area contributed by atoms with Gasteiger partial charge >= 0.3 is 0 Å². The lowest BCUT2D eigenvalue weighted by molar-refractivity contribution is 0.0928. The largest absolute Gasteiger partial charge is 0.363 e. The van der Waals surface area contributed by atoms with Crippen LogP contribution in [0.25, 0.3) is 0 Å². The summed E-state index contributed by atoms with van der Waals surface area (Å²) >= 11 is 0. The minimum Gasteiger partial charge on any atom is -0.363 e. The Morgan fingerprint density at radius 2 is 1.80 bits per heavy atom. The van der Waals surface area contributed by atoms with Gasteiger partial charge in [0.1, 0.15) is 17.8 Å². The molecule has 2 aromatic rings. The summed E-state index contributed by atoms with van der Waals surface area (Å²) in [5, 5.41) is 6.47. The van der Waals surface area contributed by atoms with Gasteiger partial charge in [-0.25, -0.2) is 9.97 Å². The van der Waals surface area contributed by atoms with Crippen LogP contribution in [0.15, 0.2) is 42.7 Å².